The lowest BCUT2D eigenvalue weighted by Gasteiger charge is -2.25. The molecule has 20 heavy (non-hydrogen) atoms. The Hall–Kier alpha value is -0.980. The molecule has 0 radical (unpaired) electrons. The van der Waals surface area contributed by atoms with E-state index in [9.17, 15) is 12.8 Å². The van der Waals surface area contributed by atoms with Gasteiger partial charge in [0.1, 0.15) is 5.82 Å². The number of nitrogens with one attached hydrogen (secondary N) is 1. The van der Waals surface area contributed by atoms with E-state index in [0.29, 0.717) is 6.54 Å². The molecule has 0 spiro atoms. The highest BCUT2D eigenvalue weighted by molar-refractivity contribution is 7.89. The van der Waals surface area contributed by atoms with Crippen molar-refractivity contribution in [1.82, 2.24) is 9.62 Å². The summed E-state index contributed by atoms with van der Waals surface area (Å²) in [5.41, 5.74) is 0. The first-order valence-electron chi connectivity index (χ1n) is 7.08. The third-order valence-electron chi connectivity index (χ3n) is 3.94. The Morgan fingerprint density at radius 1 is 1.20 bits per heavy atom. The topological polar surface area (TPSA) is 49.4 Å². The second-order valence-electron chi connectivity index (χ2n) is 5.55. The number of halogens is 1. The Labute approximate surface area is 119 Å². The standard InChI is InChI=1S/C14H19FN2O2S/c15-11-3-7-14(8-4-11)20(18,19)17(13-5-6-13)10-12-2-1-9-16-12/h3-4,7-8,12-13,16H,1-2,5-6,9-10H2. The highest BCUT2D eigenvalue weighted by Crippen LogP contribution is 2.32. The Balaban J connectivity index is 1.83. The lowest BCUT2D eigenvalue weighted by Crippen LogP contribution is -2.42. The van der Waals surface area contributed by atoms with Crippen LogP contribution in [0, 0.1) is 5.82 Å². The van der Waals surface area contributed by atoms with Crippen LogP contribution in [0.3, 0.4) is 0 Å². The van der Waals surface area contributed by atoms with Crippen LogP contribution >= 0.6 is 0 Å². The molecule has 1 saturated carbocycles. The van der Waals surface area contributed by atoms with Gasteiger partial charge in [-0.2, -0.15) is 4.31 Å². The van der Waals surface area contributed by atoms with Gasteiger partial charge in [0.15, 0.2) is 0 Å². The molecule has 1 unspecified atom stereocenters. The number of hydrogen-bond donors (Lipinski definition) is 1. The molecule has 0 bridgehead atoms. The van der Waals surface area contributed by atoms with Crippen molar-refractivity contribution in [2.24, 2.45) is 0 Å². The summed E-state index contributed by atoms with van der Waals surface area (Å²) in [4.78, 5) is 0.184. The lowest BCUT2D eigenvalue weighted by atomic mass is 10.2. The van der Waals surface area contributed by atoms with E-state index in [1.54, 1.807) is 4.31 Å². The third-order valence-corrected chi connectivity index (χ3v) is 5.87. The maximum absolute atomic E-state index is 13.0. The van der Waals surface area contributed by atoms with E-state index in [2.05, 4.69) is 5.32 Å². The average Bonchev–Trinajstić information content (AvgIpc) is 3.12. The Morgan fingerprint density at radius 3 is 2.45 bits per heavy atom. The molecule has 1 aromatic carbocycles. The molecular formula is C14H19FN2O2S. The molecule has 0 aromatic heterocycles. The van der Waals surface area contributed by atoms with Crippen LogP contribution in [0.4, 0.5) is 4.39 Å². The molecule has 0 amide bonds. The molecule has 1 aliphatic heterocycles. The first kappa shape index (κ1) is 14.0. The highest BCUT2D eigenvalue weighted by atomic mass is 32.2. The van der Waals surface area contributed by atoms with Crippen LogP contribution in [-0.4, -0.2) is 37.9 Å². The van der Waals surface area contributed by atoms with Crippen molar-refractivity contribution < 1.29 is 12.8 Å². The number of nitrogens with zero attached hydrogens (tertiary/aromatic N) is 1. The number of benzene rings is 1. The predicted molar refractivity (Wildman–Crippen MR) is 74.3 cm³/mol. The zero-order chi connectivity index (χ0) is 14.2. The van der Waals surface area contributed by atoms with Crippen molar-refractivity contribution in [3.63, 3.8) is 0 Å². The van der Waals surface area contributed by atoms with Crippen molar-refractivity contribution in [3.8, 4) is 0 Å². The van der Waals surface area contributed by atoms with Gasteiger partial charge in [-0.05, 0) is 56.5 Å². The fourth-order valence-corrected chi connectivity index (χ4v) is 4.41. The fourth-order valence-electron chi connectivity index (χ4n) is 2.68. The van der Waals surface area contributed by atoms with Crippen LogP contribution < -0.4 is 5.32 Å². The van der Waals surface area contributed by atoms with Crippen LogP contribution in [0.1, 0.15) is 25.7 Å². The molecule has 3 rings (SSSR count). The van der Waals surface area contributed by atoms with Gasteiger partial charge in [0, 0.05) is 18.6 Å². The quantitative estimate of drug-likeness (QED) is 0.900. The van der Waals surface area contributed by atoms with E-state index in [1.165, 1.54) is 24.3 Å². The number of rotatable bonds is 5. The molecule has 6 heteroatoms. The zero-order valence-corrected chi connectivity index (χ0v) is 12.1. The van der Waals surface area contributed by atoms with Gasteiger partial charge in [-0.3, -0.25) is 0 Å². The lowest BCUT2D eigenvalue weighted by molar-refractivity contribution is 0.363. The molecule has 110 valence electrons. The van der Waals surface area contributed by atoms with E-state index in [4.69, 9.17) is 0 Å². The Kier molecular flexibility index (Phi) is 3.79. The molecule has 2 fully saturated rings. The second-order valence-corrected chi connectivity index (χ2v) is 7.44. The van der Waals surface area contributed by atoms with Crippen LogP contribution in [0.5, 0.6) is 0 Å². The van der Waals surface area contributed by atoms with Gasteiger partial charge in [-0.1, -0.05) is 0 Å². The van der Waals surface area contributed by atoms with Gasteiger partial charge in [0.05, 0.1) is 4.90 Å². The number of sulfonamides is 1. The van der Waals surface area contributed by atoms with Crippen LogP contribution in [-0.2, 0) is 10.0 Å². The van der Waals surface area contributed by atoms with E-state index in [0.717, 1.165) is 32.2 Å². The monoisotopic (exact) mass is 298 g/mol. The molecule has 1 aliphatic carbocycles. The molecular weight excluding hydrogens is 279 g/mol. The smallest absolute Gasteiger partial charge is 0.243 e. The van der Waals surface area contributed by atoms with Gasteiger partial charge in [-0.25, -0.2) is 12.8 Å². The van der Waals surface area contributed by atoms with Gasteiger partial charge >= 0.3 is 0 Å². The number of hydrogen-bond acceptors (Lipinski definition) is 3. The van der Waals surface area contributed by atoms with E-state index in [1.807, 2.05) is 0 Å². The fraction of sp³-hybridized carbons (Fsp3) is 0.571. The third kappa shape index (κ3) is 2.87. The van der Waals surface area contributed by atoms with E-state index >= 15 is 0 Å². The molecule has 1 atom stereocenters. The predicted octanol–water partition coefficient (Wildman–Crippen LogP) is 1.73. The molecule has 2 aliphatic rings. The normalized spacial score (nSPS) is 23.4. The summed E-state index contributed by atoms with van der Waals surface area (Å²) in [6, 6.07) is 5.46. The van der Waals surface area contributed by atoms with Crippen molar-refractivity contribution in [3.05, 3.63) is 30.1 Å². The van der Waals surface area contributed by atoms with Crippen molar-refractivity contribution >= 4 is 10.0 Å². The van der Waals surface area contributed by atoms with Gasteiger partial charge in [0.25, 0.3) is 0 Å². The van der Waals surface area contributed by atoms with Crippen LogP contribution in [0.15, 0.2) is 29.2 Å². The Bertz CT molecular complexity index is 563. The first-order chi connectivity index (χ1) is 9.57. The summed E-state index contributed by atoms with van der Waals surface area (Å²) in [6.45, 7) is 1.48. The molecule has 1 saturated heterocycles. The van der Waals surface area contributed by atoms with Gasteiger partial charge in [0.2, 0.25) is 10.0 Å². The summed E-state index contributed by atoms with van der Waals surface area (Å²) in [5.74, 6) is -0.417. The Morgan fingerprint density at radius 2 is 1.90 bits per heavy atom. The maximum atomic E-state index is 13.0. The van der Waals surface area contributed by atoms with Gasteiger partial charge < -0.3 is 5.32 Å². The second kappa shape index (κ2) is 5.42. The van der Waals surface area contributed by atoms with Gasteiger partial charge in [-0.15, -0.1) is 0 Å². The first-order valence-corrected chi connectivity index (χ1v) is 8.52. The molecule has 1 aromatic rings. The van der Waals surface area contributed by atoms with E-state index < -0.39 is 15.8 Å². The highest BCUT2D eigenvalue weighted by Gasteiger charge is 2.39. The summed E-state index contributed by atoms with van der Waals surface area (Å²) in [6.07, 6.45) is 3.96. The zero-order valence-electron chi connectivity index (χ0n) is 11.3. The summed E-state index contributed by atoms with van der Waals surface area (Å²) in [7, 11) is -3.52. The molecule has 1 heterocycles. The SMILES string of the molecule is O=S(=O)(c1ccc(F)cc1)N(CC1CCCN1)C1CC1. The summed E-state index contributed by atoms with van der Waals surface area (Å²) >= 11 is 0. The van der Waals surface area contributed by atoms with Crippen molar-refractivity contribution in [1.29, 1.82) is 0 Å². The van der Waals surface area contributed by atoms with Crippen LogP contribution in [0.25, 0.3) is 0 Å². The maximum Gasteiger partial charge on any atom is 0.243 e. The summed E-state index contributed by atoms with van der Waals surface area (Å²) in [5, 5.41) is 3.34. The van der Waals surface area contributed by atoms with Crippen molar-refractivity contribution in [2.75, 3.05) is 13.1 Å². The van der Waals surface area contributed by atoms with E-state index in [-0.39, 0.29) is 17.0 Å². The largest absolute Gasteiger partial charge is 0.313 e. The minimum absolute atomic E-state index is 0.118. The minimum atomic E-state index is -3.52. The summed E-state index contributed by atoms with van der Waals surface area (Å²) < 4.78 is 39.9. The average molecular weight is 298 g/mol. The van der Waals surface area contributed by atoms with Crippen LogP contribution in [0.2, 0.25) is 0 Å². The minimum Gasteiger partial charge on any atom is -0.313 e. The van der Waals surface area contributed by atoms with Crippen molar-refractivity contribution in [2.45, 2.75) is 42.7 Å². The molecule has 1 N–H and O–H groups in total. The molecule has 4 nitrogen and oxygen atoms in total.